The summed E-state index contributed by atoms with van der Waals surface area (Å²) in [5.41, 5.74) is 0.736. The number of nitrogens with zero attached hydrogens (tertiary/aromatic N) is 1. The monoisotopic (exact) mass is 397 g/mol. The average molecular weight is 398 g/mol. The second kappa shape index (κ2) is 8.03. The van der Waals surface area contributed by atoms with Gasteiger partial charge in [-0.15, -0.1) is 0 Å². The molecule has 28 heavy (non-hydrogen) atoms. The van der Waals surface area contributed by atoms with Crippen molar-refractivity contribution in [2.24, 2.45) is 0 Å². The highest BCUT2D eigenvalue weighted by atomic mass is 32.2. The fraction of sp³-hybridized carbons (Fsp3) is 0.333. The molecule has 7 heteroatoms. The molecule has 0 saturated heterocycles. The Balaban J connectivity index is 1.81. The fourth-order valence-corrected chi connectivity index (χ4v) is 4.53. The first kappa shape index (κ1) is 19.9. The van der Waals surface area contributed by atoms with Crippen molar-refractivity contribution in [2.75, 3.05) is 4.72 Å². The van der Waals surface area contributed by atoms with Crippen LogP contribution in [0.2, 0.25) is 0 Å². The Morgan fingerprint density at radius 3 is 2.46 bits per heavy atom. The first-order valence-corrected chi connectivity index (χ1v) is 10.8. The summed E-state index contributed by atoms with van der Waals surface area (Å²) in [4.78, 5) is 12.7. The lowest BCUT2D eigenvalue weighted by molar-refractivity contribution is 0.0902. The van der Waals surface area contributed by atoms with Crippen LogP contribution in [0.5, 0.6) is 0 Å². The van der Waals surface area contributed by atoms with E-state index in [0.29, 0.717) is 18.5 Å². The number of nitriles is 1. The summed E-state index contributed by atoms with van der Waals surface area (Å²) >= 11 is 0. The lowest BCUT2D eigenvalue weighted by atomic mass is 9.82. The zero-order valence-corrected chi connectivity index (χ0v) is 16.6. The van der Waals surface area contributed by atoms with Crippen LogP contribution in [0.4, 0.5) is 5.69 Å². The van der Waals surface area contributed by atoms with Crippen molar-refractivity contribution >= 4 is 21.6 Å². The molecule has 3 rings (SSSR count). The highest BCUT2D eigenvalue weighted by molar-refractivity contribution is 7.92. The van der Waals surface area contributed by atoms with Crippen LogP contribution in [0, 0.1) is 18.3 Å². The molecular formula is C21H23N3O3S. The van der Waals surface area contributed by atoms with Crippen molar-refractivity contribution in [3.05, 3.63) is 59.7 Å². The summed E-state index contributed by atoms with van der Waals surface area (Å²) in [7, 11) is -3.83. The molecule has 0 atom stereocenters. The van der Waals surface area contributed by atoms with E-state index in [0.717, 1.165) is 24.8 Å². The molecule has 0 radical (unpaired) electrons. The predicted octanol–water partition coefficient (Wildman–Crippen LogP) is 3.75. The third-order valence-electron chi connectivity index (χ3n) is 4.95. The molecule has 0 heterocycles. The van der Waals surface area contributed by atoms with E-state index in [1.165, 1.54) is 18.2 Å². The molecule has 1 aliphatic carbocycles. The Bertz CT molecular complexity index is 1020. The van der Waals surface area contributed by atoms with Gasteiger partial charge in [-0.1, -0.05) is 37.5 Å². The van der Waals surface area contributed by atoms with Gasteiger partial charge in [0.1, 0.15) is 5.54 Å². The summed E-state index contributed by atoms with van der Waals surface area (Å²) < 4.78 is 27.9. The van der Waals surface area contributed by atoms with Crippen LogP contribution in [0.3, 0.4) is 0 Å². The molecule has 2 aromatic rings. The van der Waals surface area contributed by atoms with Gasteiger partial charge in [0.2, 0.25) is 0 Å². The third kappa shape index (κ3) is 4.52. The summed E-state index contributed by atoms with van der Waals surface area (Å²) in [6.45, 7) is 1.87. The van der Waals surface area contributed by atoms with E-state index in [1.807, 2.05) is 13.0 Å². The minimum Gasteiger partial charge on any atom is -0.334 e. The zero-order chi connectivity index (χ0) is 20.2. The maximum Gasteiger partial charge on any atom is 0.261 e. The number of benzene rings is 2. The number of hydrogen-bond acceptors (Lipinski definition) is 4. The molecule has 1 saturated carbocycles. The minimum atomic E-state index is -3.83. The first-order valence-electron chi connectivity index (χ1n) is 9.27. The molecule has 0 aliphatic heterocycles. The Morgan fingerprint density at radius 2 is 1.79 bits per heavy atom. The van der Waals surface area contributed by atoms with Crippen molar-refractivity contribution < 1.29 is 13.2 Å². The summed E-state index contributed by atoms with van der Waals surface area (Å²) in [6, 6.07) is 15.1. The van der Waals surface area contributed by atoms with Gasteiger partial charge in [0.05, 0.1) is 11.0 Å². The van der Waals surface area contributed by atoms with E-state index in [1.54, 1.807) is 24.3 Å². The molecule has 2 aromatic carbocycles. The maximum absolute atomic E-state index is 12.7. The average Bonchev–Trinajstić information content (AvgIpc) is 2.68. The van der Waals surface area contributed by atoms with Gasteiger partial charge >= 0.3 is 0 Å². The number of hydrogen-bond donors (Lipinski definition) is 2. The Morgan fingerprint density at radius 1 is 1.07 bits per heavy atom. The van der Waals surface area contributed by atoms with E-state index < -0.39 is 21.5 Å². The molecule has 146 valence electrons. The number of carbonyl (C=O) groups is 1. The Labute approximate surface area is 165 Å². The molecular weight excluding hydrogens is 374 g/mol. The van der Waals surface area contributed by atoms with Crippen molar-refractivity contribution in [2.45, 2.75) is 49.5 Å². The number of aryl methyl sites for hydroxylation is 1. The third-order valence-corrected chi connectivity index (χ3v) is 6.33. The molecule has 6 nitrogen and oxygen atoms in total. The number of sulfonamides is 1. The van der Waals surface area contributed by atoms with Gasteiger partial charge in [0.15, 0.2) is 0 Å². The van der Waals surface area contributed by atoms with Crippen LogP contribution < -0.4 is 10.0 Å². The smallest absolute Gasteiger partial charge is 0.261 e. The van der Waals surface area contributed by atoms with Gasteiger partial charge in [-0.3, -0.25) is 9.52 Å². The molecule has 1 aliphatic rings. The molecule has 2 N–H and O–H groups in total. The van der Waals surface area contributed by atoms with E-state index in [9.17, 15) is 18.5 Å². The number of carbonyl (C=O) groups excluding carboxylic acids is 1. The SMILES string of the molecule is Cc1cccc(NS(=O)(=O)c2cccc(C(=O)NC3(C#N)CCCCC3)c2)c1. The van der Waals surface area contributed by atoms with Crippen molar-refractivity contribution in [3.63, 3.8) is 0 Å². The molecule has 0 bridgehead atoms. The largest absolute Gasteiger partial charge is 0.334 e. The lowest BCUT2D eigenvalue weighted by Gasteiger charge is -2.31. The highest BCUT2D eigenvalue weighted by Crippen LogP contribution is 2.28. The number of rotatable bonds is 5. The fourth-order valence-electron chi connectivity index (χ4n) is 3.44. The van der Waals surface area contributed by atoms with Crippen LogP contribution in [-0.4, -0.2) is 19.9 Å². The lowest BCUT2D eigenvalue weighted by Crippen LogP contribution is -2.48. The van der Waals surface area contributed by atoms with Gasteiger partial charge < -0.3 is 5.32 Å². The maximum atomic E-state index is 12.7. The second-order valence-corrected chi connectivity index (χ2v) is 8.89. The van der Waals surface area contributed by atoms with Gasteiger partial charge in [-0.05, 0) is 55.7 Å². The van der Waals surface area contributed by atoms with E-state index in [2.05, 4.69) is 16.1 Å². The predicted molar refractivity (Wildman–Crippen MR) is 107 cm³/mol. The van der Waals surface area contributed by atoms with Crippen LogP contribution in [0.15, 0.2) is 53.4 Å². The summed E-state index contributed by atoms with van der Waals surface area (Å²) in [6.07, 6.45) is 4.06. The highest BCUT2D eigenvalue weighted by Gasteiger charge is 2.34. The first-order chi connectivity index (χ1) is 13.3. The number of amides is 1. The summed E-state index contributed by atoms with van der Waals surface area (Å²) in [5, 5.41) is 12.4. The Hall–Kier alpha value is -2.85. The van der Waals surface area contributed by atoms with Crippen molar-refractivity contribution in [1.82, 2.24) is 5.32 Å². The molecule has 0 unspecified atom stereocenters. The van der Waals surface area contributed by atoms with Crippen molar-refractivity contribution in [3.8, 4) is 6.07 Å². The van der Waals surface area contributed by atoms with E-state index >= 15 is 0 Å². The van der Waals surface area contributed by atoms with Gasteiger partial charge in [-0.25, -0.2) is 8.42 Å². The van der Waals surface area contributed by atoms with Gasteiger partial charge in [0.25, 0.3) is 15.9 Å². The number of nitrogens with one attached hydrogen (secondary N) is 2. The van der Waals surface area contributed by atoms with Crippen LogP contribution in [0.1, 0.15) is 48.0 Å². The second-order valence-electron chi connectivity index (χ2n) is 7.21. The quantitative estimate of drug-likeness (QED) is 0.802. The minimum absolute atomic E-state index is 0.00342. The van der Waals surface area contributed by atoms with E-state index in [4.69, 9.17) is 0 Å². The molecule has 0 spiro atoms. The molecule has 1 fully saturated rings. The Kier molecular flexibility index (Phi) is 5.71. The van der Waals surface area contributed by atoms with Gasteiger partial charge in [-0.2, -0.15) is 5.26 Å². The zero-order valence-electron chi connectivity index (χ0n) is 15.7. The molecule has 1 amide bonds. The van der Waals surface area contributed by atoms with Gasteiger partial charge in [0, 0.05) is 11.3 Å². The standard InChI is InChI=1S/C21H23N3O3S/c1-16-7-5-9-18(13-16)24-28(26,27)19-10-6-8-17(14-19)20(25)23-21(15-22)11-3-2-4-12-21/h5-10,13-14,24H,2-4,11-12H2,1H3,(H,23,25). The molecule has 0 aromatic heterocycles. The van der Waals surface area contributed by atoms with Crippen LogP contribution >= 0.6 is 0 Å². The van der Waals surface area contributed by atoms with Crippen LogP contribution in [0.25, 0.3) is 0 Å². The normalized spacial score (nSPS) is 16.0. The topological polar surface area (TPSA) is 99.1 Å². The van der Waals surface area contributed by atoms with E-state index in [-0.39, 0.29) is 10.5 Å². The summed E-state index contributed by atoms with van der Waals surface area (Å²) in [5.74, 6) is -0.434. The van der Waals surface area contributed by atoms with Crippen molar-refractivity contribution in [1.29, 1.82) is 5.26 Å². The van der Waals surface area contributed by atoms with Crippen LogP contribution in [-0.2, 0) is 10.0 Å². The number of anilines is 1.